The van der Waals surface area contributed by atoms with E-state index in [4.69, 9.17) is 4.74 Å². The van der Waals surface area contributed by atoms with Gasteiger partial charge in [-0.1, -0.05) is 42.0 Å². The van der Waals surface area contributed by atoms with Gasteiger partial charge in [-0.25, -0.2) is 9.37 Å². The minimum atomic E-state index is -0.347. The Balaban J connectivity index is 1.17. The lowest BCUT2D eigenvalue weighted by molar-refractivity contribution is -0.134. The van der Waals surface area contributed by atoms with Crippen LogP contribution in [-0.4, -0.2) is 41.4 Å². The molecule has 0 bridgehead atoms. The number of hydrogen-bond acceptors (Lipinski definition) is 5. The summed E-state index contributed by atoms with van der Waals surface area (Å²) in [7, 11) is 0. The number of carbonyl (C=O) groups is 2. The Morgan fingerprint density at radius 3 is 2.53 bits per heavy atom. The van der Waals surface area contributed by atoms with Crippen LogP contribution in [-0.2, 0) is 4.79 Å². The number of nitrogens with zero attached hydrogens (tertiary/aromatic N) is 2. The SMILES string of the molecule is Cc1ccc(NC(=O)c2csc(C3CCN(C(=O)COc4ccc(F)cc4)CC3)n2)c(-c2ccccc2)c1. The van der Waals surface area contributed by atoms with E-state index < -0.39 is 0 Å². The van der Waals surface area contributed by atoms with Gasteiger partial charge in [0.25, 0.3) is 11.8 Å². The minimum Gasteiger partial charge on any atom is -0.484 e. The number of halogens is 1. The number of amides is 2. The van der Waals surface area contributed by atoms with Crippen molar-refractivity contribution >= 4 is 28.8 Å². The van der Waals surface area contributed by atoms with E-state index in [1.165, 1.54) is 35.6 Å². The Kier molecular flexibility index (Phi) is 7.79. The van der Waals surface area contributed by atoms with Gasteiger partial charge < -0.3 is 15.0 Å². The van der Waals surface area contributed by atoms with Crippen LogP contribution in [0, 0.1) is 12.7 Å². The summed E-state index contributed by atoms with van der Waals surface area (Å²) in [5.74, 6) is -0.0216. The van der Waals surface area contributed by atoms with Crippen molar-refractivity contribution in [3.63, 3.8) is 0 Å². The van der Waals surface area contributed by atoms with Crippen molar-refractivity contribution < 1.29 is 18.7 Å². The lowest BCUT2D eigenvalue weighted by atomic mass is 9.97. The summed E-state index contributed by atoms with van der Waals surface area (Å²) in [5, 5.41) is 5.75. The summed E-state index contributed by atoms with van der Waals surface area (Å²) < 4.78 is 18.5. The zero-order valence-electron chi connectivity index (χ0n) is 21.0. The largest absolute Gasteiger partial charge is 0.484 e. The zero-order chi connectivity index (χ0) is 26.5. The third-order valence-electron chi connectivity index (χ3n) is 6.64. The van der Waals surface area contributed by atoms with Gasteiger partial charge in [0.2, 0.25) is 0 Å². The Labute approximate surface area is 225 Å². The molecular weight excluding hydrogens is 501 g/mol. The number of likely N-dealkylation sites (tertiary alicyclic amines) is 1. The first kappa shape index (κ1) is 25.6. The van der Waals surface area contributed by atoms with Gasteiger partial charge in [0.05, 0.1) is 5.01 Å². The van der Waals surface area contributed by atoms with Crippen LogP contribution in [0.2, 0.25) is 0 Å². The summed E-state index contributed by atoms with van der Waals surface area (Å²) in [6.07, 6.45) is 1.54. The third-order valence-corrected chi connectivity index (χ3v) is 7.64. The summed E-state index contributed by atoms with van der Waals surface area (Å²) in [5.41, 5.74) is 4.26. The van der Waals surface area contributed by atoms with Crippen LogP contribution in [0.1, 0.15) is 39.8 Å². The Bertz CT molecular complexity index is 1410. The highest BCUT2D eigenvalue weighted by Gasteiger charge is 2.26. The van der Waals surface area contributed by atoms with Gasteiger partial charge in [-0.3, -0.25) is 9.59 Å². The van der Waals surface area contributed by atoms with Crippen molar-refractivity contribution in [2.45, 2.75) is 25.7 Å². The van der Waals surface area contributed by atoms with Crippen LogP contribution in [0.15, 0.2) is 78.2 Å². The number of aromatic nitrogens is 1. The molecule has 0 atom stereocenters. The number of piperidine rings is 1. The van der Waals surface area contributed by atoms with Crippen LogP contribution >= 0.6 is 11.3 Å². The van der Waals surface area contributed by atoms with Crippen LogP contribution in [0.3, 0.4) is 0 Å². The first-order chi connectivity index (χ1) is 18.5. The van der Waals surface area contributed by atoms with E-state index in [2.05, 4.69) is 16.4 Å². The van der Waals surface area contributed by atoms with Gasteiger partial charge in [0.15, 0.2) is 6.61 Å². The van der Waals surface area contributed by atoms with E-state index in [1.54, 1.807) is 10.3 Å². The van der Waals surface area contributed by atoms with E-state index in [0.717, 1.165) is 40.2 Å². The molecule has 1 aliphatic rings. The molecule has 2 amide bonds. The first-order valence-corrected chi connectivity index (χ1v) is 13.4. The second kappa shape index (κ2) is 11.6. The van der Waals surface area contributed by atoms with Gasteiger partial charge >= 0.3 is 0 Å². The van der Waals surface area contributed by atoms with Crippen LogP contribution < -0.4 is 10.1 Å². The lowest BCUT2D eigenvalue weighted by Crippen LogP contribution is -2.40. The van der Waals surface area contributed by atoms with Crippen molar-refractivity contribution in [2.24, 2.45) is 0 Å². The van der Waals surface area contributed by atoms with Crippen LogP contribution in [0.4, 0.5) is 10.1 Å². The number of benzene rings is 3. The molecule has 1 fully saturated rings. The summed E-state index contributed by atoms with van der Waals surface area (Å²) in [6.45, 7) is 3.15. The second-order valence-electron chi connectivity index (χ2n) is 9.34. The van der Waals surface area contributed by atoms with E-state index in [1.807, 2.05) is 49.4 Å². The molecule has 1 aromatic heterocycles. The monoisotopic (exact) mass is 529 g/mol. The average molecular weight is 530 g/mol. The molecule has 1 saturated heterocycles. The number of nitrogens with one attached hydrogen (secondary N) is 1. The molecule has 0 unspecified atom stereocenters. The molecule has 5 rings (SSSR count). The van der Waals surface area contributed by atoms with Gasteiger partial charge in [0.1, 0.15) is 17.3 Å². The summed E-state index contributed by atoms with van der Waals surface area (Å²) in [4.78, 5) is 32.1. The van der Waals surface area contributed by atoms with Crippen LogP contribution in [0.5, 0.6) is 5.75 Å². The highest BCUT2D eigenvalue weighted by atomic mass is 32.1. The molecule has 0 aliphatic carbocycles. The van der Waals surface area contributed by atoms with Crippen molar-refractivity contribution in [1.29, 1.82) is 0 Å². The standard InChI is InChI=1S/C30H28FN3O3S/c1-20-7-12-26(25(17-20)21-5-3-2-4-6-21)32-29(36)27-19-38-30(33-27)22-13-15-34(16-14-22)28(35)18-37-24-10-8-23(31)9-11-24/h2-12,17,19,22H,13-16,18H2,1H3,(H,32,36). The van der Waals surface area contributed by atoms with E-state index in [9.17, 15) is 14.0 Å². The lowest BCUT2D eigenvalue weighted by Gasteiger charge is -2.31. The van der Waals surface area contributed by atoms with Gasteiger partial charge in [-0.05, 0) is 61.7 Å². The molecule has 1 N–H and O–H groups in total. The second-order valence-corrected chi connectivity index (χ2v) is 10.2. The molecule has 0 spiro atoms. The average Bonchev–Trinajstić information content (AvgIpc) is 3.45. The maximum atomic E-state index is 13.1. The highest BCUT2D eigenvalue weighted by Crippen LogP contribution is 2.32. The van der Waals surface area contributed by atoms with Gasteiger partial charge in [0, 0.05) is 35.6 Å². The fraction of sp³-hybridized carbons (Fsp3) is 0.233. The maximum absolute atomic E-state index is 13.1. The molecule has 194 valence electrons. The molecule has 1 aliphatic heterocycles. The molecule has 3 aromatic carbocycles. The van der Waals surface area contributed by atoms with Crippen molar-refractivity contribution in [3.05, 3.63) is 100 Å². The summed E-state index contributed by atoms with van der Waals surface area (Å²) in [6, 6.07) is 21.6. The third kappa shape index (κ3) is 6.08. The van der Waals surface area contributed by atoms with E-state index in [0.29, 0.717) is 24.5 Å². The molecular formula is C30H28FN3O3S. The maximum Gasteiger partial charge on any atom is 0.275 e. The van der Waals surface area contributed by atoms with Crippen LogP contribution in [0.25, 0.3) is 11.1 Å². The smallest absolute Gasteiger partial charge is 0.275 e. The highest BCUT2D eigenvalue weighted by molar-refractivity contribution is 7.10. The fourth-order valence-corrected chi connectivity index (χ4v) is 5.50. The Hall–Kier alpha value is -4.04. The number of ether oxygens (including phenoxy) is 1. The van der Waals surface area contributed by atoms with Crippen molar-refractivity contribution in [2.75, 3.05) is 25.0 Å². The number of anilines is 1. The quantitative estimate of drug-likeness (QED) is 0.305. The van der Waals surface area contributed by atoms with Crippen molar-refractivity contribution in [3.8, 4) is 16.9 Å². The predicted octanol–water partition coefficient (Wildman–Crippen LogP) is 6.29. The normalized spacial score (nSPS) is 13.8. The predicted molar refractivity (Wildman–Crippen MR) is 147 cm³/mol. The number of carbonyl (C=O) groups excluding carboxylic acids is 2. The Morgan fingerprint density at radius 1 is 1.05 bits per heavy atom. The molecule has 0 saturated carbocycles. The first-order valence-electron chi connectivity index (χ1n) is 12.6. The van der Waals surface area contributed by atoms with Crippen molar-refractivity contribution in [1.82, 2.24) is 9.88 Å². The number of aryl methyl sites for hydroxylation is 1. The zero-order valence-corrected chi connectivity index (χ0v) is 21.8. The fourth-order valence-electron chi connectivity index (χ4n) is 4.53. The Morgan fingerprint density at radius 2 is 1.79 bits per heavy atom. The van der Waals surface area contributed by atoms with Gasteiger partial charge in [-0.15, -0.1) is 11.3 Å². The van der Waals surface area contributed by atoms with E-state index >= 15 is 0 Å². The molecule has 38 heavy (non-hydrogen) atoms. The molecule has 0 radical (unpaired) electrons. The topological polar surface area (TPSA) is 71.5 Å². The summed E-state index contributed by atoms with van der Waals surface area (Å²) >= 11 is 1.49. The number of rotatable bonds is 7. The number of hydrogen-bond donors (Lipinski definition) is 1. The molecule has 4 aromatic rings. The van der Waals surface area contributed by atoms with E-state index in [-0.39, 0.29) is 30.2 Å². The van der Waals surface area contributed by atoms with Gasteiger partial charge in [-0.2, -0.15) is 0 Å². The molecule has 6 nitrogen and oxygen atoms in total. The number of thiazole rings is 1. The minimum absolute atomic E-state index is 0.0815. The molecule has 8 heteroatoms. The molecule has 2 heterocycles.